The molecule has 2 aromatic rings. The predicted octanol–water partition coefficient (Wildman–Crippen LogP) is 6.13. The van der Waals surface area contributed by atoms with Gasteiger partial charge in [0.1, 0.15) is 0 Å². The van der Waals surface area contributed by atoms with Crippen molar-refractivity contribution in [2.45, 2.75) is 11.8 Å². The van der Waals surface area contributed by atoms with E-state index in [2.05, 4.69) is 72.2 Å². The minimum Gasteiger partial charge on any atom is -0.147 e. The Hall–Kier alpha value is 0.840. The largest absolute Gasteiger partial charge is 0.147 e. The summed E-state index contributed by atoms with van der Waals surface area (Å²) in [5.41, 5.74) is 2.63. The zero-order valence-corrected chi connectivity index (χ0v) is 14.2. The summed E-state index contributed by atoms with van der Waals surface area (Å²) in [6.45, 7) is 2.15. The standard InChI is InChI=1S/C10H7Br3S2/c1-5-2-3-14-9(5)8(12)6-4-7(11)15-10(6)13/h2-4,8H,1H3. The first-order chi connectivity index (χ1) is 7.09. The van der Waals surface area contributed by atoms with E-state index in [0.29, 0.717) is 0 Å². The molecule has 0 bridgehead atoms. The Balaban J connectivity index is 2.40. The number of alkyl halides is 1. The Labute approximate surface area is 122 Å². The van der Waals surface area contributed by atoms with E-state index in [9.17, 15) is 0 Å². The Bertz CT molecular complexity index is 473. The topological polar surface area (TPSA) is 0 Å². The van der Waals surface area contributed by atoms with Crippen LogP contribution in [-0.2, 0) is 0 Å². The van der Waals surface area contributed by atoms with Crippen molar-refractivity contribution < 1.29 is 0 Å². The van der Waals surface area contributed by atoms with Crippen molar-refractivity contribution in [3.8, 4) is 0 Å². The van der Waals surface area contributed by atoms with Crippen LogP contribution in [-0.4, -0.2) is 0 Å². The summed E-state index contributed by atoms with van der Waals surface area (Å²) in [5.74, 6) is 0. The summed E-state index contributed by atoms with van der Waals surface area (Å²) >= 11 is 14.4. The maximum absolute atomic E-state index is 3.75. The molecule has 1 unspecified atom stereocenters. The molecule has 2 heterocycles. The van der Waals surface area contributed by atoms with Gasteiger partial charge in [-0.15, -0.1) is 22.7 Å². The molecular weight excluding hydrogens is 424 g/mol. The van der Waals surface area contributed by atoms with Crippen LogP contribution in [0.25, 0.3) is 0 Å². The summed E-state index contributed by atoms with van der Waals surface area (Å²) in [6.07, 6.45) is 0. The zero-order valence-electron chi connectivity index (χ0n) is 7.76. The Morgan fingerprint density at radius 2 is 2.07 bits per heavy atom. The molecule has 5 heteroatoms. The van der Waals surface area contributed by atoms with Crippen molar-refractivity contribution in [3.05, 3.63) is 41.1 Å². The monoisotopic (exact) mass is 428 g/mol. The van der Waals surface area contributed by atoms with Crippen LogP contribution in [0.4, 0.5) is 0 Å². The van der Waals surface area contributed by atoms with E-state index in [1.54, 1.807) is 22.7 Å². The first-order valence-corrected chi connectivity index (χ1v) is 8.42. The number of rotatable bonds is 2. The average molecular weight is 431 g/mol. The summed E-state index contributed by atoms with van der Waals surface area (Å²) in [6, 6.07) is 4.32. The lowest BCUT2D eigenvalue weighted by Crippen LogP contribution is -1.89. The fraction of sp³-hybridized carbons (Fsp3) is 0.200. The molecule has 0 aliphatic carbocycles. The van der Waals surface area contributed by atoms with E-state index in [1.165, 1.54) is 19.8 Å². The van der Waals surface area contributed by atoms with Crippen molar-refractivity contribution in [1.82, 2.24) is 0 Å². The number of thiophene rings is 2. The van der Waals surface area contributed by atoms with Crippen LogP contribution < -0.4 is 0 Å². The minimum absolute atomic E-state index is 0.287. The summed E-state index contributed by atoms with van der Waals surface area (Å²) in [5, 5.41) is 2.13. The van der Waals surface area contributed by atoms with Crippen LogP contribution >= 0.6 is 70.5 Å². The summed E-state index contributed by atoms with van der Waals surface area (Å²) < 4.78 is 2.34. The first kappa shape index (κ1) is 12.3. The van der Waals surface area contributed by atoms with Gasteiger partial charge in [0.2, 0.25) is 0 Å². The van der Waals surface area contributed by atoms with Crippen LogP contribution in [0, 0.1) is 6.92 Å². The average Bonchev–Trinajstić information content (AvgIpc) is 2.71. The smallest absolute Gasteiger partial charge is 0.0760 e. The number of hydrogen-bond acceptors (Lipinski definition) is 2. The molecule has 0 N–H and O–H groups in total. The van der Waals surface area contributed by atoms with E-state index < -0.39 is 0 Å². The van der Waals surface area contributed by atoms with Gasteiger partial charge in [0, 0.05) is 4.88 Å². The number of aryl methyl sites for hydroxylation is 1. The van der Waals surface area contributed by atoms with Crippen LogP contribution in [0.2, 0.25) is 0 Å². The van der Waals surface area contributed by atoms with Gasteiger partial charge in [-0.1, -0.05) is 15.9 Å². The van der Waals surface area contributed by atoms with Gasteiger partial charge in [-0.2, -0.15) is 0 Å². The molecule has 0 aromatic carbocycles. The first-order valence-electron chi connectivity index (χ1n) is 4.22. The van der Waals surface area contributed by atoms with E-state index in [0.717, 1.165) is 3.79 Å². The van der Waals surface area contributed by atoms with Crippen LogP contribution in [0.1, 0.15) is 20.8 Å². The normalized spacial score (nSPS) is 13.1. The lowest BCUT2D eigenvalue weighted by molar-refractivity contribution is 1.20. The molecule has 0 saturated carbocycles. The summed E-state index contributed by atoms with van der Waals surface area (Å²) in [4.78, 5) is 1.66. The van der Waals surface area contributed by atoms with E-state index in [4.69, 9.17) is 0 Å². The van der Waals surface area contributed by atoms with Crippen molar-refractivity contribution in [1.29, 1.82) is 0 Å². The van der Waals surface area contributed by atoms with Crippen molar-refractivity contribution in [2.24, 2.45) is 0 Å². The summed E-state index contributed by atoms with van der Waals surface area (Å²) in [7, 11) is 0. The second kappa shape index (κ2) is 5.00. The van der Waals surface area contributed by atoms with E-state index in [-0.39, 0.29) is 4.83 Å². The molecule has 0 radical (unpaired) electrons. The quantitative estimate of drug-likeness (QED) is 0.503. The lowest BCUT2D eigenvalue weighted by atomic mass is 10.1. The molecule has 0 saturated heterocycles. The molecular formula is C10H7Br3S2. The Kier molecular flexibility index (Phi) is 4.10. The highest BCUT2D eigenvalue weighted by molar-refractivity contribution is 9.12. The zero-order chi connectivity index (χ0) is 11.0. The van der Waals surface area contributed by atoms with Gasteiger partial charge in [-0.05, 0) is 67.4 Å². The highest BCUT2D eigenvalue weighted by Gasteiger charge is 2.18. The molecule has 0 fully saturated rings. The lowest BCUT2D eigenvalue weighted by Gasteiger charge is -2.07. The van der Waals surface area contributed by atoms with Crippen molar-refractivity contribution >= 4 is 70.5 Å². The van der Waals surface area contributed by atoms with Gasteiger partial charge < -0.3 is 0 Å². The number of halogens is 3. The second-order valence-corrected chi connectivity index (χ2v) is 8.72. The molecule has 0 nitrogen and oxygen atoms in total. The van der Waals surface area contributed by atoms with Crippen molar-refractivity contribution in [2.75, 3.05) is 0 Å². The highest BCUT2D eigenvalue weighted by atomic mass is 79.9. The highest BCUT2D eigenvalue weighted by Crippen LogP contribution is 2.43. The fourth-order valence-electron chi connectivity index (χ4n) is 1.31. The molecule has 0 spiro atoms. The van der Waals surface area contributed by atoms with Gasteiger partial charge in [0.05, 0.1) is 12.4 Å². The molecule has 1 atom stereocenters. The third-order valence-electron chi connectivity index (χ3n) is 2.09. The minimum atomic E-state index is 0.287. The second-order valence-electron chi connectivity index (χ2n) is 3.11. The van der Waals surface area contributed by atoms with E-state index in [1.807, 2.05) is 0 Å². The molecule has 0 amide bonds. The van der Waals surface area contributed by atoms with Crippen LogP contribution in [0.3, 0.4) is 0 Å². The Morgan fingerprint density at radius 1 is 1.33 bits per heavy atom. The fourth-order valence-corrected chi connectivity index (χ4v) is 6.64. The van der Waals surface area contributed by atoms with Crippen LogP contribution in [0.15, 0.2) is 25.1 Å². The number of hydrogen-bond donors (Lipinski definition) is 0. The van der Waals surface area contributed by atoms with Gasteiger partial charge >= 0.3 is 0 Å². The SMILES string of the molecule is Cc1ccsc1C(Br)c1cc(Br)sc1Br. The van der Waals surface area contributed by atoms with Gasteiger partial charge in [-0.25, -0.2) is 0 Å². The molecule has 0 aliphatic rings. The Morgan fingerprint density at radius 3 is 2.53 bits per heavy atom. The van der Waals surface area contributed by atoms with E-state index >= 15 is 0 Å². The van der Waals surface area contributed by atoms with Crippen molar-refractivity contribution in [3.63, 3.8) is 0 Å². The van der Waals surface area contributed by atoms with Crippen LogP contribution in [0.5, 0.6) is 0 Å². The van der Waals surface area contributed by atoms with Gasteiger partial charge in [0.15, 0.2) is 0 Å². The maximum atomic E-state index is 3.75. The molecule has 0 aliphatic heterocycles. The van der Waals surface area contributed by atoms with Gasteiger partial charge in [0.25, 0.3) is 0 Å². The molecule has 2 aromatic heterocycles. The third-order valence-corrected chi connectivity index (χ3v) is 6.81. The molecule has 2 rings (SSSR count). The van der Waals surface area contributed by atoms with Gasteiger partial charge in [-0.3, -0.25) is 0 Å². The predicted molar refractivity (Wildman–Crippen MR) is 79.5 cm³/mol. The molecule has 80 valence electrons. The third kappa shape index (κ3) is 2.57. The maximum Gasteiger partial charge on any atom is 0.0760 e. The molecule has 15 heavy (non-hydrogen) atoms.